The summed E-state index contributed by atoms with van der Waals surface area (Å²) in [6.45, 7) is 2.28. The van der Waals surface area contributed by atoms with Gasteiger partial charge in [0.05, 0.1) is 11.9 Å². The average molecular weight is 232 g/mol. The minimum Gasteiger partial charge on any atom is -0.317 e. The highest BCUT2D eigenvalue weighted by molar-refractivity contribution is 5.07. The maximum atomic E-state index is 4.69. The lowest BCUT2D eigenvalue weighted by molar-refractivity contribution is 0.362. The average Bonchev–Trinajstić information content (AvgIpc) is 2.28. The van der Waals surface area contributed by atoms with Crippen LogP contribution < -0.4 is 5.32 Å². The maximum Gasteiger partial charge on any atom is 0.151 e. The summed E-state index contributed by atoms with van der Waals surface area (Å²) in [5.41, 5.74) is 1.18. The molecule has 1 aromatic heterocycles. The lowest BCUT2D eigenvalue weighted by atomic mass is 9.83. The molecule has 4 nitrogen and oxygen atoms in total. The van der Waals surface area contributed by atoms with Crippen LogP contribution in [-0.2, 0) is 6.42 Å². The fourth-order valence-corrected chi connectivity index (χ4v) is 2.69. The smallest absolute Gasteiger partial charge is 0.151 e. The van der Waals surface area contributed by atoms with Crippen LogP contribution in [0.3, 0.4) is 0 Å². The van der Waals surface area contributed by atoms with Crippen LogP contribution in [0.4, 0.5) is 0 Å². The summed E-state index contributed by atoms with van der Waals surface area (Å²) in [6.07, 6.45) is 9.27. The number of aromatic nitrogens is 3. The summed E-state index contributed by atoms with van der Waals surface area (Å²) in [5, 5.41) is 11.7. The highest BCUT2D eigenvalue weighted by Gasteiger charge is 2.22. The van der Waals surface area contributed by atoms with Gasteiger partial charge in [0.15, 0.2) is 5.82 Å². The highest BCUT2D eigenvalue weighted by atomic mass is 15.1. The lowest BCUT2D eigenvalue weighted by Gasteiger charge is -2.25. The number of piperidine rings is 1. The van der Waals surface area contributed by atoms with Gasteiger partial charge in [-0.1, -0.05) is 6.42 Å². The Kier molecular flexibility index (Phi) is 3.31. The fraction of sp³-hybridized carbons (Fsp3) is 0.769. The van der Waals surface area contributed by atoms with Crippen LogP contribution in [0.5, 0.6) is 0 Å². The Balaban J connectivity index is 1.65. The first kappa shape index (κ1) is 11.1. The van der Waals surface area contributed by atoms with Crippen molar-refractivity contribution in [2.24, 2.45) is 5.92 Å². The standard InChI is InChI=1S/C13H20N4/c1-2-11(3-1)12-9-15-17-13(16-12)8-10-4-6-14-7-5-10/h9-11,14H,1-8H2. The first-order valence-corrected chi connectivity index (χ1v) is 6.81. The van der Waals surface area contributed by atoms with E-state index >= 15 is 0 Å². The van der Waals surface area contributed by atoms with Crippen LogP contribution in [0.1, 0.15) is 49.5 Å². The zero-order valence-corrected chi connectivity index (χ0v) is 10.2. The van der Waals surface area contributed by atoms with Crippen LogP contribution in [0, 0.1) is 5.92 Å². The van der Waals surface area contributed by atoms with Crippen molar-refractivity contribution in [3.63, 3.8) is 0 Å². The Hall–Kier alpha value is -1.03. The molecule has 2 heterocycles. The predicted molar refractivity (Wildman–Crippen MR) is 65.7 cm³/mol. The van der Waals surface area contributed by atoms with E-state index in [1.54, 1.807) is 0 Å². The Morgan fingerprint density at radius 1 is 1.18 bits per heavy atom. The fourth-order valence-electron chi connectivity index (χ4n) is 2.69. The maximum absolute atomic E-state index is 4.69. The number of rotatable bonds is 3. The van der Waals surface area contributed by atoms with Gasteiger partial charge in [-0.2, -0.15) is 5.10 Å². The van der Waals surface area contributed by atoms with E-state index in [1.165, 1.54) is 37.8 Å². The van der Waals surface area contributed by atoms with E-state index in [-0.39, 0.29) is 0 Å². The second kappa shape index (κ2) is 5.08. The molecular weight excluding hydrogens is 212 g/mol. The summed E-state index contributed by atoms with van der Waals surface area (Å²) in [4.78, 5) is 4.69. The normalized spacial score (nSPS) is 22.4. The molecule has 1 aromatic rings. The Morgan fingerprint density at radius 3 is 2.71 bits per heavy atom. The summed E-state index contributed by atoms with van der Waals surface area (Å²) >= 11 is 0. The summed E-state index contributed by atoms with van der Waals surface area (Å²) in [6, 6.07) is 0. The van der Waals surface area contributed by atoms with Crippen LogP contribution in [-0.4, -0.2) is 28.3 Å². The molecule has 2 aliphatic rings. The number of hydrogen-bond acceptors (Lipinski definition) is 4. The minimum absolute atomic E-state index is 0.664. The SMILES string of the molecule is c1nnc(CC2CCNCC2)nc1C1CCC1. The first-order chi connectivity index (χ1) is 8.42. The number of nitrogens with one attached hydrogen (secondary N) is 1. The molecule has 0 atom stereocenters. The number of nitrogens with zero attached hydrogens (tertiary/aromatic N) is 3. The molecule has 1 saturated carbocycles. The molecule has 1 saturated heterocycles. The second-order valence-corrected chi connectivity index (χ2v) is 5.32. The third kappa shape index (κ3) is 2.63. The van der Waals surface area contributed by atoms with E-state index in [9.17, 15) is 0 Å². The highest BCUT2D eigenvalue weighted by Crippen LogP contribution is 2.34. The van der Waals surface area contributed by atoms with E-state index < -0.39 is 0 Å². The molecule has 1 aliphatic heterocycles. The molecular formula is C13H20N4. The third-order valence-electron chi connectivity index (χ3n) is 4.07. The van der Waals surface area contributed by atoms with E-state index in [0.717, 1.165) is 31.3 Å². The van der Waals surface area contributed by atoms with Gasteiger partial charge in [-0.25, -0.2) is 4.98 Å². The molecule has 1 aliphatic carbocycles. The van der Waals surface area contributed by atoms with Gasteiger partial charge in [-0.3, -0.25) is 0 Å². The first-order valence-electron chi connectivity index (χ1n) is 6.81. The Morgan fingerprint density at radius 2 is 2.00 bits per heavy atom. The summed E-state index contributed by atoms with van der Waals surface area (Å²) in [7, 11) is 0. The molecule has 17 heavy (non-hydrogen) atoms. The van der Waals surface area contributed by atoms with Crippen LogP contribution in [0.2, 0.25) is 0 Å². The van der Waals surface area contributed by atoms with E-state index in [4.69, 9.17) is 4.98 Å². The molecule has 2 fully saturated rings. The van der Waals surface area contributed by atoms with Crippen molar-refractivity contribution in [3.05, 3.63) is 17.7 Å². The Labute approximate surface area is 102 Å². The van der Waals surface area contributed by atoms with Crippen molar-refractivity contribution >= 4 is 0 Å². The lowest BCUT2D eigenvalue weighted by Crippen LogP contribution is -2.29. The monoisotopic (exact) mass is 232 g/mol. The predicted octanol–water partition coefficient (Wildman–Crippen LogP) is 1.68. The molecule has 0 unspecified atom stereocenters. The molecule has 0 spiro atoms. The molecule has 4 heteroatoms. The van der Waals surface area contributed by atoms with Crippen LogP contribution in [0.15, 0.2) is 6.20 Å². The van der Waals surface area contributed by atoms with E-state index in [1.807, 2.05) is 6.20 Å². The molecule has 1 N–H and O–H groups in total. The van der Waals surface area contributed by atoms with Gasteiger partial charge in [-0.15, -0.1) is 5.10 Å². The van der Waals surface area contributed by atoms with E-state index in [0.29, 0.717) is 5.92 Å². The minimum atomic E-state index is 0.664. The Bertz CT molecular complexity index is 369. The van der Waals surface area contributed by atoms with Gasteiger partial charge in [-0.05, 0) is 44.7 Å². The van der Waals surface area contributed by atoms with Crippen molar-refractivity contribution in [1.82, 2.24) is 20.5 Å². The second-order valence-electron chi connectivity index (χ2n) is 5.32. The molecule has 0 amide bonds. The zero-order chi connectivity index (χ0) is 11.5. The van der Waals surface area contributed by atoms with Crippen molar-refractivity contribution in [1.29, 1.82) is 0 Å². The van der Waals surface area contributed by atoms with Gasteiger partial charge >= 0.3 is 0 Å². The molecule has 0 bridgehead atoms. The van der Waals surface area contributed by atoms with Gasteiger partial charge in [0.2, 0.25) is 0 Å². The number of hydrogen-bond donors (Lipinski definition) is 1. The molecule has 0 radical (unpaired) electrons. The van der Waals surface area contributed by atoms with Gasteiger partial charge < -0.3 is 5.32 Å². The largest absolute Gasteiger partial charge is 0.317 e. The van der Waals surface area contributed by atoms with Crippen LogP contribution in [0.25, 0.3) is 0 Å². The zero-order valence-electron chi connectivity index (χ0n) is 10.2. The van der Waals surface area contributed by atoms with Gasteiger partial charge in [0.1, 0.15) is 0 Å². The van der Waals surface area contributed by atoms with E-state index in [2.05, 4.69) is 15.5 Å². The third-order valence-corrected chi connectivity index (χ3v) is 4.07. The topological polar surface area (TPSA) is 50.7 Å². The molecule has 0 aromatic carbocycles. The van der Waals surface area contributed by atoms with Gasteiger partial charge in [0, 0.05) is 12.3 Å². The van der Waals surface area contributed by atoms with Crippen molar-refractivity contribution < 1.29 is 0 Å². The summed E-state index contributed by atoms with van der Waals surface area (Å²) in [5.74, 6) is 2.37. The van der Waals surface area contributed by atoms with Crippen molar-refractivity contribution in [3.8, 4) is 0 Å². The van der Waals surface area contributed by atoms with Crippen molar-refractivity contribution in [2.75, 3.05) is 13.1 Å². The molecule has 3 rings (SSSR count). The van der Waals surface area contributed by atoms with Crippen molar-refractivity contribution in [2.45, 2.75) is 44.4 Å². The van der Waals surface area contributed by atoms with Crippen LogP contribution >= 0.6 is 0 Å². The summed E-state index contributed by atoms with van der Waals surface area (Å²) < 4.78 is 0. The van der Waals surface area contributed by atoms with Gasteiger partial charge in [0.25, 0.3) is 0 Å². The molecule has 92 valence electrons. The quantitative estimate of drug-likeness (QED) is 0.861.